The van der Waals surface area contributed by atoms with Gasteiger partial charge in [-0.25, -0.2) is 0 Å². The number of rotatable bonds is 3. The second-order valence-electron chi connectivity index (χ2n) is 4.92. The molecule has 0 amide bonds. The van der Waals surface area contributed by atoms with E-state index in [2.05, 4.69) is 5.32 Å². The molecule has 2 atom stereocenters. The Morgan fingerprint density at radius 1 is 1.14 bits per heavy atom. The first kappa shape index (κ1) is 10.4. The van der Waals surface area contributed by atoms with Gasteiger partial charge in [-0.2, -0.15) is 0 Å². The molecule has 0 aromatic rings. The van der Waals surface area contributed by atoms with Crippen LogP contribution in [0.5, 0.6) is 0 Å². The van der Waals surface area contributed by atoms with Crippen molar-refractivity contribution in [1.82, 2.24) is 5.32 Å². The van der Waals surface area contributed by atoms with Gasteiger partial charge in [0.05, 0.1) is 11.7 Å². The monoisotopic (exact) mass is 199 g/mol. The summed E-state index contributed by atoms with van der Waals surface area (Å²) in [7, 11) is 0. The molecule has 0 spiro atoms. The van der Waals surface area contributed by atoms with E-state index in [4.69, 9.17) is 0 Å². The van der Waals surface area contributed by atoms with Crippen LogP contribution in [0.15, 0.2) is 0 Å². The second kappa shape index (κ2) is 4.17. The summed E-state index contributed by atoms with van der Waals surface area (Å²) < 4.78 is 0. The van der Waals surface area contributed by atoms with Crippen LogP contribution < -0.4 is 5.32 Å². The lowest BCUT2D eigenvalue weighted by molar-refractivity contribution is -0.0386. The number of aliphatic hydroxyl groups is 2. The van der Waals surface area contributed by atoms with E-state index in [1.807, 2.05) is 0 Å². The van der Waals surface area contributed by atoms with E-state index >= 15 is 0 Å². The minimum absolute atomic E-state index is 0.201. The van der Waals surface area contributed by atoms with Crippen molar-refractivity contribution in [2.24, 2.45) is 0 Å². The molecular weight excluding hydrogens is 178 g/mol. The summed E-state index contributed by atoms with van der Waals surface area (Å²) in [5, 5.41) is 22.9. The van der Waals surface area contributed by atoms with Gasteiger partial charge in [-0.15, -0.1) is 0 Å². The number of hydrogen-bond acceptors (Lipinski definition) is 3. The van der Waals surface area contributed by atoms with Gasteiger partial charge in [0.2, 0.25) is 0 Å². The highest BCUT2D eigenvalue weighted by Gasteiger charge is 2.35. The molecule has 0 saturated heterocycles. The van der Waals surface area contributed by atoms with Crippen molar-refractivity contribution >= 4 is 0 Å². The first-order chi connectivity index (χ1) is 6.70. The molecule has 82 valence electrons. The van der Waals surface area contributed by atoms with Gasteiger partial charge in [-0.05, 0) is 32.1 Å². The van der Waals surface area contributed by atoms with Gasteiger partial charge in [0.25, 0.3) is 0 Å². The van der Waals surface area contributed by atoms with Crippen molar-refractivity contribution in [1.29, 1.82) is 0 Å². The van der Waals surface area contributed by atoms with E-state index in [0.717, 1.165) is 38.5 Å². The summed E-state index contributed by atoms with van der Waals surface area (Å²) in [5.41, 5.74) is -0.461. The highest BCUT2D eigenvalue weighted by Crippen LogP contribution is 2.31. The summed E-state index contributed by atoms with van der Waals surface area (Å²) in [6.45, 7) is 0.661. The lowest BCUT2D eigenvalue weighted by Crippen LogP contribution is -2.52. The summed E-state index contributed by atoms with van der Waals surface area (Å²) in [4.78, 5) is 0. The van der Waals surface area contributed by atoms with Crippen LogP contribution in [0.3, 0.4) is 0 Å². The van der Waals surface area contributed by atoms with Gasteiger partial charge >= 0.3 is 0 Å². The minimum Gasteiger partial charge on any atom is -0.392 e. The van der Waals surface area contributed by atoms with Gasteiger partial charge in [-0.1, -0.05) is 12.8 Å². The Labute approximate surface area is 85.5 Å². The minimum atomic E-state index is -0.461. The van der Waals surface area contributed by atoms with Crippen LogP contribution in [-0.2, 0) is 0 Å². The molecule has 0 aromatic carbocycles. The maximum absolute atomic E-state index is 9.88. The van der Waals surface area contributed by atoms with Crippen molar-refractivity contribution in [3.8, 4) is 0 Å². The van der Waals surface area contributed by atoms with Crippen LogP contribution in [0.25, 0.3) is 0 Å². The SMILES string of the molecule is O[C@@H]1CCCC[C@H]1NCC1(O)CCC1. The van der Waals surface area contributed by atoms with E-state index in [1.165, 1.54) is 6.42 Å². The van der Waals surface area contributed by atoms with E-state index in [9.17, 15) is 10.2 Å². The Hall–Kier alpha value is -0.120. The predicted octanol–water partition coefficient (Wildman–Crippen LogP) is 0.794. The van der Waals surface area contributed by atoms with Gasteiger partial charge < -0.3 is 15.5 Å². The normalized spacial score (nSPS) is 36.4. The zero-order valence-corrected chi connectivity index (χ0v) is 8.71. The zero-order chi connectivity index (χ0) is 10.0. The Morgan fingerprint density at radius 2 is 1.86 bits per heavy atom. The lowest BCUT2D eigenvalue weighted by atomic mass is 9.80. The summed E-state index contributed by atoms with van der Waals surface area (Å²) in [6.07, 6.45) is 7.09. The highest BCUT2D eigenvalue weighted by atomic mass is 16.3. The highest BCUT2D eigenvalue weighted by molar-refractivity contribution is 4.92. The number of hydrogen-bond donors (Lipinski definition) is 3. The van der Waals surface area contributed by atoms with Crippen LogP contribution >= 0.6 is 0 Å². The smallest absolute Gasteiger partial charge is 0.0771 e. The van der Waals surface area contributed by atoms with Crippen LogP contribution in [0.4, 0.5) is 0 Å². The molecule has 3 N–H and O–H groups in total. The standard InChI is InChI=1S/C11H21NO2/c13-10-5-2-1-4-9(10)12-8-11(14)6-3-7-11/h9-10,12-14H,1-8H2/t9-,10-/m1/s1. The molecule has 0 unspecified atom stereocenters. The Morgan fingerprint density at radius 3 is 2.43 bits per heavy atom. The number of nitrogens with one attached hydrogen (secondary N) is 1. The van der Waals surface area contributed by atoms with Crippen LogP contribution in [-0.4, -0.2) is 34.5 Å². The molecule has 0 bridgehead atoms. The van der Waals surface area contributed by atoms with E-state index in [1.54, 1.807) is 0 Å². The molecule has 2 aliphatic carbocycles. The van der Waals surface area contributed by atoms with Crippen LogP contribution in [0.1, 0.15) is 44.9 Å². The third-order valence-electron chi connectivity index (χ3n) is 3.71. The van der Waals surface area contributed by atoms with E-state index in [-0.39, 0.29) is 12.1 Å². The molecule has 2 fully saturated rings. The van der Waals surface area contributed by atoms with Gasteiger partial charge in [-0.3, -0.25) is 0 Å². The van der Waals surface area contributed by atoms with Crippen molar-refractivity contribution in [2.75, 3.05) is 6.54 Å². The summed E-state index contributed by atoms with van der Waals surface area (Å²) >= 11 is 0. The van der Waals surface area contributed by atoms with Crippen LogP contribution in [0, 0.1) is 0 Å². The third-order valence-corrected chi connectivity index (χ3v) is 3.71. The van der Waals surface area contributed by atoms with Crippen molar-refractivity contribution in [2.45, 2.75) is 62.7 Å². The van der Waals surface area contributed by atoms with Crippen molar-refractivity contribution < 1.29 is 10.2 Å². The Balaban J connectivity index is 1.73. The fourth-order valence-electron chi connectivity index (χ4n) is 2.43. The van der Waals surface area contributed by atoms with Gasteiger partial charge in [0.1, 0.15) is 0 Å². The lowest BCUT2D eigenvalue weighted by Gasteiger charge is -2.39. The first-order valence-corrected chi connectivity index (χ1v) is 5.83. The van der Waals surface area contributed by atoms with E-state index < -0.39 is 5.60 Å². The second-order valence-corrected chi connectivity index (χ2v) is 4.92. The maximum atomic E-state index is 9.88. The summed E-state index contributed by atoms with van der Waals surface area (Å²) in [5.74, 6) is 0. The molecule has 0 aromatic heterocycles. The molecular formula is C11H21NO2. The maximum Gasteiger partial charge on any atom is 0.0771 e. The average molecular weight is 199 g/mol. The van der Waals surface area contributed by atoms with Crippen molar-refractivity contribution in [3.63, 3.8) is 0 Å². The fraction of sp³-hybridized carbons (Fsp3) is 1.00. The summed E-state index contributed by atoms with van der Waals surface area (Å²) in [6, 6.07) is 0.216. The van der Waals surface area contributed by atoms with Gasteiger partial charge in [0.15, 0.2) is 0 Å². The van der Waals surface area contributed by atoms with Crippen molar-refractivity contribution in [3.05, 3.63) is 0 Å². The van der Waals surface area contributed by atoms with Crippen LogP contribution in [0.2, 0.25) is 0 Å². The molecule has 0 radical (unpaired) electrons. The topological polar surface area (TPSA) is 52.5 Å². The van der Waals surface area contributed by atoms with Gasteiger partial charge in [0, 0.05) is 12.6 Å². The molecule has 0 heterocycles. The van der Waals surface area contributed by atoms with E-state index in [0.29, 0.717) is 6.54 Å². The molecule has 14 heavy (non-hydrogen) atoms. The molecule has 2 aliphatic rings. The average Bonchev–Trinajstić information content (AvgIpc) is 2.14. The Bertz CT molecular complexity index is 192. The number of aliphatic hydroxyl groups excluding tert-OH is 1. The molecule has 2 saturated carbocycles. The Kier molecular flexibility index (Phi) is 3.10. The molecule has 2 rings (SSSR count). The largest absolute Gasteiger partial charge is 0.392 e. The predicted molar refractivity (Wildman–Crippen MR) is 55.1 cm³/mol. The third kappa shape index (κ3) is 2.27. The quantitative estimate of drug-likeness (QED) is 0.630. The molecule has 3 heteroatoms. The molecule has 0 aliphatic heterocycles. The fourth-order valence-corrected chi connectivity index (χ4v) is 2.43. The first-order valence-electron chi connectivity index (χ1n) is 5.83. The molecule has 3 nitrogen and oxygen atoms in total. The zero-order valence-electron chi connectivity index (χ0n) is 8.71.